The molecular formula is C11H18ClNS. The van der Waals surface area contributed by atoms with Gasteiger partial charge in [0.1, 0.15) is 0 Å². The number of nitrogens with two attached hydrogens (primary N) is 1. The van der Waals surface area contributed by atoms with Crippen LogP contribution in [0.15, 0.2) is 17.5 Å². The molecule has 80 valence electrons. The topological polar surface area (TPSA) is 26.0 Å². The molecule has 1 aliphatic rings. The zero-order valence-electron chi connectivity index (χ0n) is 8.32. The molecule has 0 amide bonds. The smallest absolute Gasteiger partial charge is 0.0418 e. The highest BCUT2D eigenvalue weighted by Crippen LogP contribution is 2.34. The van der Waals surface area contributed by atoms with Crippen LogP contribution in [0.2, 0.25) is 0 Å². The van der Waals surface area contributed by atoms with Gasteiger partial charge in [-0.15, -0.1) is 23.7 Å². The van der Waals surface area contributed by atoms with Crippen molar-refractivity contribution >= 4 is 23.7 Å². The van der Waals surface area contributed by atoms with Crippen molar-refractivity contribution in [2.75, 3.05) is 0 Å². The van der Waals surface area contributed by atoms with Crippen molar-refractivity contribution in [1.29, 1.82) is 0 Å². The van der Waals surface area contributed by atoms with Crippen LogP contribution in [0.1, 0.15) is 43.0 Å². The van der Waals surface area contributed by atoms with Gasteiger partial charge in [-0.1, -0.05) is 25.3 Å². The average molecular weight is 232 g/mol. The van der Waals surface area contributed by atoms with Crippen LogP contribution in [0, 0.1) is 5.92 Å². The Morgan fingerprint density at radius 1 is 1.29 bits per heavy atom. The Hall–Kier alpha value is -0.0500. The van der Waals surface area contributed by atoms with Crippen molar-refractivity contribution in [2.24, 2.45) is 11.7 Å². The van der Waals surface area contributed by atoms with Crippen molar-refractivity contribution in [3.8, 4) is 0 Å². The molecule has 1 saturated carbocycles. The summed E-state index contributed by atoms with van der Waals surface area (Å²) in [5.41, 5.74) is 6.22. The molecule has 1 heterocycles. The van der Waals surface area contributed by atoms with E-state index in [0.717, 1.165) is 5.92 Å². The molecule has 0 radical (unpaired) electrons. The molecule has 0 aromatic carbocycles. The van der Waals surface area contributed by atoms with E-state index in [9.17, 15) is 0 Å². The highest BCUT2D eigenvalue weighted by atomic mass is 35.5. The van der Waals surface area contributed by atoms with Crippen LogP contribution in [0.3, 0.4) is 0 Å². The summed E-state index contributed by atoms with van der Waals surface area (Å²) in [6, 6.07) is 4.58. The molecule has 0 unspecified atom stereocenters. The first-order valence-electron chi connectivity index (χ1n) is 5.17. The van der Waals surface area contributed by atoms with Gasteiger partial charge in [0.25, 0.3) is 0 Å². The van der Waals surface area contributed by atoms with Gasteiger partial charge in [0.15, 0.2) is 0 Å². The molecule has 2 N–H and O–H groups in total. The first-order chi connectivity index (χ1) is 6.38. The molecule has 1 aliphatic carbocycles. The van der Waals surface area contributed by atoms with Crippen LogP contribution >= 0.6 is 23.7 Å². The lowest BCUT2D eigenvalue weighted by Crippen LogP contribution is -2.22. The van der Waals surface area contributed by atoms with Gasteiger partial charge in [-0.3, -0.25) is 0 Å². The zero-order chi connectivity index (χ0) is 9.10. The summed E-state index contributed by atoms with van der Waals surface area (Å²) < 4.78 is 0. The summed E-state index contributed by atoms with van der Waals surface area (Å²) in [5.74, 6) is 0.743. The maximum atomic E-state index is 6.22. The molecule has 14 heavy (non-hydrogen) atoms. The van der Waals surface area contributed by atoms with E-state index in [-0.39, 0.29) is 12.4 Å². The Morgan fingerprint density at radius 3 is 2.57 bits per heavy atom. The fourth-order valence-electron chi connectivity index (χ4n) is 2.21. The summed E-state index contributed by atoms with van der Waals surface area (Å²) in [5, 5.41) is 2.12. The van der Waals surface area contributed by atoms with E-state index in [2.05, 4.69) is 17.5 Å². The monoisotopic (exact) mass is 231 g/mol. The van der Waals surface area contributed by atoms with Crippen LogP contribution in [0.4, 0.5) is 0 Å². The molecule has 1 aromatic heterocycles. The molecule has 1 nitrogen and oxygen atoms in total. The number of hydrogen-bond donors (Lipinski definition) is 1. The van der Waals surface area contributed by atoms with E-state index in [4.69, 9.17) is 5.73 Å². The van der Waals surface area contributed by atoms with Gasteiger partial charge in [0.05, 0.1) is 0 Å². The van der Waals surface area contributed by atoms with E-state index in [1.165, 1.54) is 37.0 Å². The van der Waals surface area contributed by atoms with Gasteiger partial charge in [-0.05, 0) is 30.2 Å². The molecule has 3 heteroatoms. The first-order valence-corrected chi connectivity index (χ1v) is 6.05. The van der Waals surface area contributed by atoms with E-state index >= 15 is 0 Å². The van der Waals surface area contributed by atoms with E-state index in [1.807, 2.05) is 0 Å². The molecule has 2 rings (SSSR count). The van der Waals surface area contributed by atoms with Gasteiger partial charge in [0, 0.05) is 10.9 Å². The quantitative estimate of drug-likeness (QED) is 0.825. The second kappa shape index (κ2) is 5.74. The molecule has 1 fully saturated rings. The summed E-state index contributed by atoms with van der Waals surface area (Å²) >= 11 is 1.80. The van der Waals surface area contributed by atoms with Crippen molar-refractivity contribution in [3.63, 3.8) is 0 Å². The fourth-order valence-corrected chi connectivity index (χ4v) is 3.03. The third-order valence-electron chi connectivity index (χ3n) is 3.03. The number of hydrogen-bond acceptors (Lipinski definition) is 2. The van der Waals surface area contributed by atoms with Crippen molar-refractivity contribution in [1.82, 2.24) is 0 Å². The molecule has 1 atom stereocenters. The first kappa shape index (κ1) is 12.0. The molecule has 0 spiro atoms. The second-order valence-corrected chi connectivity index (χ2v) is 4.92. The lowest BCUT2D eigenvalue weighted by Gasteiger charge is -2.26. The lowest BCUT2D eigenvalue weighted by molar-refractivity contribution is 0.311. The van der Waals surface area contributed by atoms with Crippen LogP contribution in [0.25, 0.3) is 0 Å². The SMILES string of the molecule is Cl.N[C@@H](c1cccs1)C1CCCCC1. The summed E-state index contributed by atoms with van der Waals surface area (Å²) in [7, 11) is 0. The largest absolute Gasteiger partial charge is 0.323 e. The van der Waals surface area contributed by atoms with Gasteiger partial charge < -0.3 is 5.73 Å². The number of rotatable bonds is 2. The standard InChI is InChI=1S/C11H17NS.ClH/c12-11(10-7-4-8-13-10)9-5-2-1-3-6-9;/h4,7-9,11H,1-3,5-6,12H2;1H/t11-;/m1./s1. The summed E-state index contributed by atoms with van der Waals surface area (Å²) in [6.45, 7) is 0. The Balaban J connectivity index is 0.000000980. The third-order valence-corrected chi connectivity index (χ3v) is 4.00. The minimum Gasteiger partial charge on any atom is -0.323 e. The van der Waals surface area contributed by atoms with Crippen LogP contribution in [-0.4, -0.2) is 0 Å². The van der Waals surface area contributed by atoms with Gasteiger partial charge in [0.2, 0.25) is 0 Å². The Labute approximate surface area is 96.1 Å². The predicted molar refractivity (Wildman–Crippen MR) is 65.1 cm³/mol. The average Bonchev–Trinajstić information content (AvgIpc) is 2.71. The Kier molecular flexibility index (Phi) is 4.93. The summed E-state index contributed by atoms with van der Waals surface area (Å²) in [4.78, 5) is 1.37. The molecule has 0 saturated heterocycles. The Bertz CT molecular complexity index is 242. The minimum atomic E-state index is 0. The maximum Gasteiger partial charge on any atom is 0.0418 e. The van der Waals surface area contributed by atoms with Crippen LogP contribution < -0.4 is 5.73 Å². The maximum absolute atomic E-state index is 6.22. The zero-order valence-corrected chi connectivity index (χ0v) is 9.95. The third kappa shape index (κ3) is 2.72. The highest BCUT2D eigenvalue weighted by molar-refractivity contribution is 7.10. The number of halogens is 1. The number of thiophene rings is 1. The van der Waals surface area contributed by atoms with Gasteiger partial charge in [-0.2, -0.15) is 0 Å². The van der Waals surface area contributed by atoms with E-state index < -0.39 is 0 Å². The summed E-state index contributed by atoms with van der Waals surface area (Å²) in [6.07, 6.45) is 6.83. The van der Waals surface area contributed by atoms with Crippen LogP contribution in [0.5, 0.6) is 0 Å². The molecular weight excluding hydrogens is 214 g/mol. The van der Waals surface area contributed by atoms with Crippen molar-refractivity contribution in [2.45, 2.75) is 38.1 Å². The van der Waals surface area contributed by atoms with E-state index in [0.29, 0.717) is 6.04 Å². The van der Waals surface area contributed by atoms with Crippen molar-refractivity contribution in [3.05, 3.63) is 22.4 Å². The molecule has 0 aliphatic heterocycles. The van der Waals surface area contributed by atoms with Crippen molar-refractivity contribution < 1.29 is 0 Å². The van der Waals surface area contributed by atoms with Crippen LogP contribution in [-0.2, 0) is 0 Å². The lowest BCUT2D eigenvalue weighted by atomic mass is 9.84. The van der Waals surface area contributed by atoms with Gasteiger partial charge >= 0.3 is 0 Å². The minimum absolute atomic E-state index is 0. The van der Waals surface area contributed by atoms with Gasteiger partial charge in [-0.25, -0.2) is 0 Å². The van der Waals surface area contributed by atoms with E-state index in [1.54, 1.807) is 11.3 Å². The second-order valence-electron chi connectivity index (χ2n) is 3.94. The normalized spacial score (nSPS) is 20.1. The molecule has 1 aromatic rings. The fraction of sp³-hybridized carbons (Fsp3) is 0.636. The Morgan fingerprint density at radius 2 is 2.00 bits per heavy atom. The molecule has 0 bridgehead atoms. The highest BCUT2D eigenvalue weighted by Gasteiger charge is 2.21. The predicted octanol–water partition coefficient (Wildman–Crippen LogP) is 3.75.